The molecule has 0 radical (unpaired) electrons. The van der Waals surface area contributed by atoms with Gasteiger partial charge in [0.25, 0.3) is 0 Å². The summed E-state index contributed by atoms with van der Waals surface area (Å²) >= 11 is 0. The maximum Gasteiger partial charge on any atom is 0.199 e. The summed E-state index contributed by atoms with van der Waals surface area (Å²) in [5.74, 6) is 1.54. The maximum atomic E-state index is 5.20. The Hall–Kier alpha value is -1.58. The Balaban J connectivity index is 2.46. The van der Waals surface area contributed by atoms with Gasteiger partial charge in [0.1, 0.15) is 6.33 Å². The van der Waals surface area contributed by atoms with Gasteiger partial charge in [0, 0.05) is 6.54 Å². The Labute approximate surface area is 69.8 Å². The third kappa shape index (κ3) is 1.01. The minimum Gasteiger partial charge on any atom is -0.461 e. The number of furan rings is 1. The van der Waals surface area contributed by atoms with E-state index in [4.69, 9.17) is 4.42 Å². The van der Waals surface area contributed by atoms with Crippen molar-refractivity contribution in [2.24, 2.45) is 0 Å². The topological polar surface area (TPSA) is 43.9 Å². The van der Waals surface area contributed by atoms with E-state index in [1.165, 1.54) is 0 Å². The zero-order valence-corrected chi connectivity index (χ0v) is 6.77. The molecular formula is C8H9N3O. The van der Waals surface area contributed by atoms with Crippen LogP contribution in [0.15, 0.2) is 29.1 Å². The lowest BCUT2D eigenvalue weighted by molar-refractivity contribution is 0.570. The van der Waals surface area contributed by atoms with Crippen LogP contribution in [0.2, 0.25) is 0 Å². The van der Waals surface area contributed by atoms with Crippen LogP contribution in [0.5, 0.6) is 0 Å². The largest absolute Gasteiger partial charge is 0.461 e. The first-order chi connectivity index (χ1) is 5.92. The molecule has 0 amide bonds. The molecule has 0 atom stereocenters. The van der Waals surface area contributed by atoms with Crippen LogP contribution < -0.4 is 0 Å². The van der Waals surface area contributed by atoms with Crippen LogP contribution in [-0.4, -0.2) is 14.8 Å². The van der Waals surface area contributed by atoms with Gasteiger partial charge in [0.2, 0.25) is 0 Å². The van der Waals surface area contributed by atoms with Crippen molar-refractivity contribution in [1.29, 1.82) is 0 Å². The Morgan fingerprint density at radius 1 is 1.58 bits per heavy atom. The van der Waals surface area contributed by atoms with Gasteiger partial charge in [-0.25, -0.2) is 0 Å². The van der Waals surface area contributed by atoms with Crippen LogP contribution in [-0.2, 0) is 6.54 Å². The van der Waals surface area contributed by atoms with E-state index in [0.29, 0.717) is 0 Å². The number of rotatable bonds is 2. The lowest BCUT2D eigenvalue weighted by Gasteiger charge is -1.97. The van der Waals surface area contributed by atoms with Crippen LogP contribution >= 0.6 is 0 Å². The summed E-state index contributed by atoms with van der Waals surface area (Å²) in [6, 6.07) is 3.71. The van der Waals surface area contributed by atoms with Crippen molar-refractivity contribution >= 4 is 0 Å². The molecule has 2 rings (SSSR count). The van der Waals surface area contributed by atoms with Gasteiger partial charge in [-0.1, -0.05) is 0 Å². The van der Waals surface area contributed by atoms with Gasteiger partial charge in [-0.2, -0.15) is 0 Å². The fraction of sp³-hybridized carbons (Fsp3) is 0.250. The zero-order valence-electron chi connectivity index (χ0n) is 6.77. The number of aryl methyl sites for hydroxylation is 1. The maximum absolute atomic E-state index is 5.20. The smallest absolute Gasteiger partial charge is 0.199 e. The normalized spacial score (nSPS) is 10.4. The summed E-state index contributed by atoms with van der Waals surface area (Å²) in [7, 11) is 0. The number of hydrogen-bond donors (Lipinski definition) is 0. The van der Waals surface area contributed by atoms with Crippen LogP contribution in [0.4, 0.5) is 0 Å². The first kappa shape index (κ1) is 7.09. The van der Waals surface area contributed by atoms with Gasteiger partial charge in [-0.15, -0.1) is 10.2 Å². The third-order valence-electron chi connectivity index (χ3n) is 1.70. The number of nitrogens with zero attached hydrogens (tertiary/aromatic N) is 3. The fourth-order valence-electron chi connectivity index (χ4n) is 1.08. The Morgan fingerprint density at radius 2 is 2.50 bits per heavy atom. The van der Waals surface area contributed by atoms with Crippen molar-refractivity contribution in [2.45, 2.75) is 13.5 Å². The molecule has 12 heavy (non-hydrogen) atoms. The van der Waals surface area contributed by atoms with Crippen molar-refractivity contribution in [2.75, 3.05) is 0 Å². The minimum atomic E-state index is 0.759. The predicted molar refractivity (Wildman–Crippen MR) is 43.4 cm³/mol. The number of hydrogen-bond acceptors (Lipinski definition) is 3. The molecule has 0 N–H and O–H groups in total. The van der Waals surface area contributed by atoms with Gasteiger partial charge in [0.05, 0.1) is 6.26 Å². The molecule has 2 aromatic rings. The van der Waals surface area contributed by atoms with E-state index in [9.17, 15) is 0 Å². The molecular weight excluding hydrogens is 154 g/mol. The fourth-order valence-corrected chi connectivity index (χ4v) is 1.08. The van der Waals surface area contributed by atoms with E-state index in [-0.39, 0.29) is 0 Å². The van der Waals surface area contributed by atoms with Gasteiger partial charge in [-0.3, -0.25) is 0 Å². The average molecular weight is 163 g/mol. The van der Waals surface area contributed by atoms with Gasteiger partial charge >= 0.3 is 0 Å². The Morgan fingerprint density at radius 3 is 3.17 bits per heavy atom. The molecule has 0 fully saturated rings. The number of aromatic nitrogens is 3. The second-order valence-corrected chi connectivity index (χ2v) is 2.42. The van der Waals surface area contributed by atoms with E-state index in [0.717, 1.165) is 18.1 Å². The summed E-state index contributed by atoms with van der Waals surface area (Å²) in [4.78, 5) is 0. The molecule has 0 aliphatic heterocycles. The highest BCUT2D eigenvalue weighted by atomic mass is 16.3. The summed E-state index contributed by atoms with van der Waals surface area (Å²) in [6.07, 6.45) is 3.32. The van der Waals surface area contributed by atoms with E-state index >= 15 is 0 Å². The van der Waals surface area contributed by atoms with E-state index < -0.39 is 0 Å². The minimum absolute atomic E-state index is 0.759. The van der Waals surface area contributed by atoms with Crippen molar-refractivity contribution in [3.05, 3.63) is 24.7 Å². The molecule has 0 bridgehead atoms. The Bertz CT molecular complexity index is 350. The standard InChI is InChI=1S/C8H9N3O/c1-2-11-6-9-10-8(11)7-4-3-5-12-7/h3-6H,2H2,1H3. The van der Waals surface area contributed by atoms with Crippen molar-refractivity contribution in [1.82, 2.24) is 14.8 Å². The molecule has 62 valence electrons. The van der Waals surface area contributed by atoms with Crippen LogP contribution in [0.25, 0.3) is 11.6 Å². The summed E-state index contributed by atoms with van der Waals surface area (Å²) < 4.78 is 7.13. The van der Waals surface area contributed by atoms with E-state index in [2.05, 4.69) is 10.2 Å². The predicted octanol–water partition coefficient (Wildman–Crippen LogP) is 1.56. The molecule has 0 unspecified atom stereocenters. The van der Waals surface area contributed by atoms with E-state index in [1.54, 1.807) is 12.6 Å². The Kier molecular flexibility index (Phi) is 1.66. The SMILES string of the molecule is CCn1cnnc1-c1ccco1. The summed E-state index contributed by atoms with van der Waals surface area (Å²) in [5.41, 5.74) is 0. The van der Waals surface area contributed by atoms with Crippen molar-refractivity contribution in [3.63, 3.8) is 0 Å². The highest BCUT2D eigenvalue weighted by molar-refractivity contribution is 5.45. The molecule has 0 aliphatic rings. The molecule has 2 aromatic heterocycles. The summed E-state index contributed by atoms with van der Waals surface area (Å²) in [5, 5.41) is 7.75. The van der Waals surface area contributed by atoms with Gasteiger partial charge < -0.3 is 8.98 Å². The monoisotopic (exact) mass is 163 g/mol. The molecule has 0 spiro atoms. The van der Waals surface area contributed by atoms with Crippen molar-refractivity contribution in [3.8, 4) is 11.6 Å². The van der Waals surface area contributed by atoms with Gasteiger partial charge in [0.15, 0.2) is 11.6 Å². The molecule has 2 heterocycles. The van der Waals surface area contributed by atoms with Crippen LogP contribution in [0, 0.1) is 0 Å². The third-order valence-corrected chi connectivity index (χ3v) is 1.70. The summed E-state index contributed by atoms with van der Waals surface area (Å²) in [6.45, 7) is 2.89. The first-order valence-corrected chi connectivity index (χ1v) is 3.83. The second-order valence-electron chi connectivity index (χ2n) is 2.42. The van der Waals surface area contributed by atoms with Crippen LogP contribution in [0.1, 0.15) is 6.92 Å². The highest BCUT2D eigenvalue weighted by Gasteiger charge is 2.07. The molecule has 4 nitrogen and oxygen atoms in total. The highest BCUT2D eigenvalue weighted by Crippen LogP contribution is 2.15. The van der Waals surface area contributed by atoms with Crippen LogP contribution in [0.3, 0.4) is 0 Å². The molecule has 0 saturated heterocycles. The van der Waals surface area contributed by atoms with Crippen molar-refractivity contribution < 1.29 is 4.42 Å². The van der Waals surface area contributed by atoms with E-state index in [1.807, 2.05) is 23.6 Å². The average Bonchev–Trinajstić information content (AvgIpc) is 2.74. The molecule has 0 aromatic carbocycles. The second kappa shape index (κ2) is 2.81. The lowest BCUT2D eigenvalue weighted by Crippen LogP contribution is -1.94. The molecule has 0 saturated carbocycles. The zero-order chi connectivity index (χ0) is 8.39. The lowest BCUT2D eigenvalue weighted by atomic mass is 10.4. The van der Waals surface area contributed by atoms with Gasteiger partial charge in [-0.05, 0) is 19.1 Å². The first-order valence-electron chi connectivity index (χ1n) is 3.83. The quantitative estimate of drug-likeness (QED) is 0.674. The molecule has 4 heteroatoms. The molecule has 0 aliphatic carbocycles.